The number of hydrogen-bond acceptors (Lipinski definition) is 1. The Hall–Kier alpha value is -1.04. The van der Waals surface area contributed by atoms with Crippen LogP contribution in [0.5, 0.6) is 0 Å². The number of aliphatic carboxylic acids is 1. The van der Waals surface area contributed by atoms with Crippen LogP contribution in [0.25, 0.3) is 0 Å². The van der Waals surface area contributed by atoms with Gasteiger partial charge in [0.15, 0.2) is 0 Å². The summed E-state index contributed by atoms with van der Waals surface area (Å²) in [5, 5.41) is 9.44. The largest absolute Gasteiger partial charge is 0.481 e. The molecule has 2 rings (SSSR count). The molecule has 1 N–H and O–H groups in total. The number of rotatable bonds is 2. The predicted molar refractivity (Wildman–Crippen MR) is 66.9 cm³/mol. The van der Waals surface area contributed by atoms with Gasteiger partial charge in [-0.1, -0.05) is 34.8 Å². The Kier molecular flexibility index (Phi) is 3.64. The maximum Gasteiger partial charge on any atom is 0.416 e. The number of benzene rings is 1. The fourth-order valence-electron chi connectivity index (χ4n) is 2.80. The zero-order valence-corrected chi connectivity index (χ0v) is 11.5. The highest BCUT2D eigenvalue weighted by Crippen LogP contribution is 2.48. The minimum absolute atomic E-state index is 0.132. The van der Waals surface area contributed by atoms with E-state index in [-0.39, 0.29) is 22.9 Å². The molecule has 0 atom stereocenters. The topological polar surface area (TPSA) is 37.3 Å². The number of hydrogen-bond donors (Lipinski definition) is 1. The molecule has 1 fully saturated rings. The highest BCUT2D eigenvalue weighted by Gasteiger charge is 2.49. The molecule has 0 aliphatic heterocycles. The van der Waals surface area contributed by atoms with Crippen molar-refractivity contribution in [1.29, 1.82) is 0 Å². The number of carbonyl (C=O) groups is 1. The number of alkyl halides is 3. The van der Waals surface area contributed by atoms with E-state index in [0.717, 1.165) is 6.07 Å². The van der Waals surface area contributed by atoms with Crippen molar-refractivity contribution in [3.63, 3.8) is 0 Å². The van der Waals surface area contributed by atoms with Crippen LogP contribution in [0.3, 0.4) is 0 Å². The van der Waals surface area contributed by atoms with Crippen LogP contribution in [-0.4, -0.2) is 11.1 Å². The third-order valence-corrected chi connectivity index (χ3v) is 4.32. The minimum atomic E-state index is -4.55. The van der Waals surface area contributed by atoms with E-state index in [1.54, 1.807) is 0 Å². The quantitative estimate of drug-likeness (QED) is 0.870. The first kappa shape index (κ1) is 14.4. The lowest BCUT2D eigenvalue weighted by Gasteiger charge is -2.29. The summed E-state index contributed by atoms with van der Waals surface area (Å²) < 4.78 is 39.5. The molecule has 1 aromatic carbocycles. The SMILES string of the molecule is O=C(O)C1(c2c(Br)cccc2C(F)(F)F)CCCC1. The molecular formula is C13H12BrF3O2. The molecule has 0 bridgehead atoms. The molecule has 0 aromatic heterocycles. The van der Waals surface area contributed by atoms with Gasteiger partial charge in [0.1, 0.15) is 0 Å². The standard InChI is InChI=1S/C13H12BrF3O2/c14-9-5-3-4-8(13(15,16)17)10(9)12(11(18)19)6-1-2-7-12/h3-5H,1-2,6-7H2,(H,18,19). The third kappa shape index (κ3) is 2.38. The second kappa shape index (κ2) is 4.81. The Morgan fingerprint density at radius 3 is 2.32 bits per heavy atom. The van der Waals surface area contributed by atoms with Gasteiger partial charge in [0.05, 0.1) is 11.0 Å². The molecule has 0 amide bonds. The van der Waals surface area contributed by atoms with Gasteiger partial charge in [-0.05, 0) is 30.5 Å². The Balaban J connectivity index is 2.70. The first-order chi connectivity index (χ1) is 8.79. The van der Waals surface area contributed by atoms with Crippen LogP contribution in [-0.2, 0) is 16.4 Å². The zero-order valence-electron chi connectivity index (χ0n) is 9.93. The lowest BCUT2D eigenvalue weighted by molar-refractivity contribution is -0.146. The van der Waals surface area contributed by atoms with Crippen molar-refractivity contribution in [3.05, 3.63) is 33.8 Å². The molecular weight excluding hydrogens is 325 g/mol. The molecule has 0 unspecified atom stereocenters. The lowest BCUT2D eigenvalue weighted by Crippen LogP contribution is -2.35. The fraction of sp³-hybridized carbons (Fsp3) is 0.462. The monoisotopic (exact) mass is 336 g/mol. The molecule has 0 heterocycles. The van der Waals surface area contributed by atoms with Gasteiger partial charge >= 0.3 is 12.1 Å². The second-order valence-electron chi connectivity index (χ2n) is 4.75. The summed E-state index contributed by atoms with van der Waals surface area (Å²) in [6.07, 6.45) is -2.80. The third-order valence-electron chi connectivity index (χ3n) is 3.66. The first-order valence-electron chi connectivity index (χ1n) is 5.88. The van der Waals surface area contributed by atoms with E-state index >= 15 is 0 Å². The van der Waals surface area contributed by atoms with Gasteiger partial charge in [0.25, 0.3) is 0 Å². The normalized spacial score (nSPS) is 18.5. The van der Waals surface area contributed by atoms with Gasteiger partial charge in [0, 0.05) is 4.47 Å². The van der Waals surface area contributed by atoms with E-state index < -0.39 is 23.1 Å². The number of carboxylic acids is 1. The van der Waals surface area contributed by atoms with Crippen molar-refractivity contribution in [1.82, 2.24) is 0 Å². The highest BCUT2D eigenvalue weighted by atomic mass is 79.9. The number of halogens is 4. The van der Waals surface area contributed by atoms with Crippen LogP contribution in [0.4, 0.5) is 13.2 Å². The molecule has 19 heavy (non-hydrogen) atoms. The van der Waals surface area contributed by atoms with Crippen molar-refractivity contribution >= 4 is 21.9 Å². The zero-order chi connectivity index (χ0) is 14.3. The highest BCUT2D eigenvalue weighted by molar-refractivity contribution is 9.10. The van der Waals surface area contributed by atoms with E-state index in [4.69, 9.17) is 0 Å². The summed E-state index contributed by atoms with van der Waals surface area (Å²) in [5.41, 5.74) is -2.41. The molecule has 0 spiro atoms. The van der Waals surface area contributed by atoms with Gasteiger partial charge in [-0.15, -0.1) is 0 Å². The average Bonchev–Trinajstić information content (AvgIpc) is 2.77. The molecule has 0 radical (unpaired) electrons. The van der Waals surface area contributed by atoms with E-state index in [9.17, 15) is 23.1 Å². The fourth-order valence-corrected chi connectivity index (χ4v) is 3.54. The van der Waals surface area contributed by atoms with Crippen LogP contribution < -0.4 is 0 Å². The van der Waals surface area contributed by atoms with Crippen LogP contribution in [0.15, 0.2) is 22.7 Å². The van der Waals surface area contributed by atoms with Gasteiger partial charge in [-0.25, -0.2) is 0 Å². The summed E-state index contributed by atoms with van der Waals surface area (Å²) in [7, 11) is 0. The second-order valence-corrected chi connectivity index (χ2v) is 5.61. The van der Waals surface area contributed by atoms with Crippen molar-refractivity contribution in [2.75, 3.05) is 0 Å². The van der Waals surface area contributed by atoms with E-state index in [2.05, 4.69) is 15.9 Å². The van der Waals surface area contributed by atoms with Gasteiger partial charge in [0.2, 0.25) is 0 Å². The van der Waals surface area contributed by atoms with Crippen LogP contribution in [0.2, 0.25) is 0 Å². The Labute approximate surface area is 116 Å². The molecule has 1 aliphatic carbocycles. The smallest absolute Gasteiger partial charge is 0.416 e. The lowest BCUT2D eigenvalue weighted by atomic mass is 9.76. The Morgan fingerprint density at radius 1 is 1.26 bits per heavy atom. The summed E-state index contributed by atoms with van der Waals surface area (Å²) >= 11 is 3.09. The Morgan fingerprint density at radius 2 is 1.84 bits per heavy atom. The molecule has 0 saturated heterocycles. The molecule has 1 aliphatic rings. The van der Waals surface area contributed by atoms with Crippen molar-refractivity contribution < 1.29 is 23.1 Å². The van der Waals surface area contributed by atoms with Crippen molar-refractivity contribution in [3.8, 4) is 0 Å². The van der Waals surface area contributed by atoms with Crippen molar-refractivity contribution in [2.45, 2.75) is 37.3 Å². The van der Waals surface area contributed by atoms with Gasteiger partial charge in [-0.2, -0.15) is 13.2 Å². The van der Waals surface area contributed by atoms with Crippen molar-refractivity contribution in [2.24, 2.45) is 0 Å². The minimum Gasteiger partial charge on any atom is -0.481 e. The number of carboxylic acid groups (broad SMARTS) is 1. The molecule has 1 saturated carbocycles. The van der Waals surface area contributed by atoms with Crippen LogP contribution in [0.1, 0.15) is 36.8 Å². The summed E-state index contributed by atoms with van der Waals surface area (Å²) in [6, 6.07) is 3.69. The van der Waals surface area contributed by atoms with E-state index in [0.29, 0.717) is 12.8 Å². The van der Waals surface area contributed by atoms with Gasteiger partial charge < -0.3 is 5.11 Å². The van der Waals surface area contributed by atoms with Crippen LogP contribution >= 0.6 is 15.9 Å². The molecule has 104 valence electrons. The molecule has 2 nitrogen and oxygen atoms in total. The summed E-state index contributed by atoms with van der Waals surface area (Å²) in [5.74, 6) is -1.18. The maximum absolute atomic E-state index is 13.1. The maximum atomic E-state index is 13.1. The molecule has 6 heteroatoms. The summed E-state index contributed by atoms with van der Waals surface area (Å²) in [6.45, 7) is 0. The van der Waals surface area contributed by atoms with Crippen LogP contribution in [0, 0.1) is 0 Å². The van der Waals surface area contributed by atoms with E-state index in [1.807, 2.05) is 0 Å². The van der Waals surface area contributed by atoms with E-state index in [1.165, 1.54) is 12.1 Å². The summed E-state index contributed by atoms with van der Waals surface area (Å²) in [4.78, 5) is 11.6. The predicted octanol–water partition coefficient (Wildman–Crippen LogP) is 4.36. The first-order valence-corrected chi connectivity index (χ1v) is 6.68. The average molecular weight is 337 g/mol. The molecule has 1 aromatic rings. The van der Waals surface area contributed by atoms with Gasteiger partial charge in [-0.3, -0.25) is 4.79 Å². The Bertz CT molecular complexity index is 505.